The van der Waals surface area contributed by atoms with Crippen LogP contribution in [0.4, 0.5) is 0 Å². The second-order valence-corrected chi connectivity index (χ2v) is 7.67. The van der Waals surface area contributed by atoms with Crippen LogP contribution in [-0.2, 0) is 22.0 Å². The Morgan fingerprint density at radius 3 is 1.64 bits per heavy atom. The minimum Gasteiger partial charge on any atom is -0.481 e. The second-order valence-electron chi connectivity index (χ2n) is 6.14. The van der Waals surface area contributed by atoms with E-state index in [1.807, 2.05) is 78.9 Å². The zero-order valence-corrected chi connectivity index (χ0v) is 16.4. The highest BCUT2D eigenvalue weighted by Gasteiger charge is 2.22. The van der Waals surface area contributed by atoms with E-state index >= 15 is 0 Å². The quantitative estimate of drug-likeness (QED) is 0.638. The molecule has 0 radical (unpaired) electrons. The molecule has 1 atom stereocenters. The Hall–Kier alpha value is -2.76. The first-order valence-corrected chi connectivity index (χ1v) is 10.4. The van der Waals surface area contributed by atoms with Gasteiger partial charge in [-0.15, -0.1) is 0 Å². The number of rotatable bonds is 7. The lowest BCUT2D eigenvalue weighted by atomic mass is 10.0. The Morgan fingerprint density at radius 1 is 0.821 bits per heavy atom. The van der Waals surface area contributed by atoms with E-state index in [-0.39, 0.29) is 5.75 Å². The van der Waals surface area contributed by atoms with Crippen molar-refractivity contribution >= 4 is 16.8 Å². The molecule has 0 unspecified atom stereocenters. The summed E-state index contributed by atoms with van der Waals surface area (Å²) in [5, 5.41) is 8.43. The molecule has 0 saturated heterocycles. The molecule has 0 heterocycles. The molecule has 0 aliphatic heterocycles. The smallest absolute Gasteiger partial charge is 0.316 e. The number of carbonyl (C=O) groups is 1. The summed E-state index contributed by atoms with van der Waals surface area (Å²) in [5.74, 6) is -1.40. The van der Waals surface area contributed by atoms with Gasteiger partial charge in [0.15, 0.2) is 0 Å². The molecule has 0 saturated carbocycles. The summed E-state index contributed by atoms with van der Waals surface area (Å²) in [7, 11) is -1.49. The third-order valence-corrected chi connectivity index (χ3v) is 5.61. The molecule has 0 aliphatic carbocycles. The highest BCUT2D eigenvalue weighted by Crippen LogP contribution is 2.28. The lowest BCUT2D eigenvalue weighted by Crippen LogP contribution is -2.17. The average Bonchev–Trinajstić information content (AvgIpc) is 2.71. The second kappa shape index (κ2) is 11.8. The molecular formula is C23H25NO3S. The van der Waals surface area contributed by atoms with Crippen molar-refractivity contribution in [3.8, 4) is 0 Å². The Kier molecular flexibility index (Phi) is 9.11. The van der Waals surface area contributed by atoms with Gasteiger partial charge in [0.2, 0.25) is 0 Å². The van der Waals surface area contributed by atoms with E-state index in [0.29, 0.717) is 0 Å². The summed E-state index contributed by atoms with van der Waals surface area (Å²) in [6, 6.07) is 29.0. The third kappa shape index (κ3) is 7.10. The van der Waals surface area contributed by atoms with Crippen molar-refractivity contribution in [2.24, 2.45) is 5.73 Å². The van der Waals surface area contributed by atoms with Crippen LogP contribution in [-0.4, -0.2) is 27.6 Å². The van der Waals surface area contributed by atoms with Crippen LogP contribution in [0.2, 0.25) is 0 Å². The third-order valence-electron chi connectivity index (χ3n) is 4.01. The lowest BCUT2D eigenvalue weighted by Gasteiger charge is -2.16. The van der Waals surface area contributed by atoms with Crippen molar-refractivity contribution in [3.05, 3.63) is 108 Å². The molecule has 28 heavy (non-hydrogen) atoms. The van der Waals surface area contributed by atoms with E-state index in [4.69, 9.17) is 10.8 Å². The Bertz CT molecular complexity index is 815. The van der Waals surface area contributed by atoms with Crippen LogP contribution in [0.3, 0.4) is 0 Å². The van der Waals surface area contributed by atoms with Gasteiger partial charge in [0.25, 0.3) is 0 Å². The van der Waals surface area contributed by atoms with Crippen LogP contribution in [0.5, 0.6) is 0 Å². The predicted molar refractivity (Wildman–Crippen MR) is 115 cm³/mol. The monoisotopic (exact) mass is 395 g/mol. The zero-order valence-electron chi connectivity index (χ0n) is 15.6. The molecule has 0 fully saturated rings. The molecule has 4 nitrogen and oxygen atoms in total. The van der Waals surface area contributed by atoms with E-state index in [9.17, 15) is 9.00 Å². The molecule has 0 amide bonds. The van der Waals surface area contributed by atoms with E-state index < -0.39 is 22.0 Å². The van der Waals surface area contributed by atoms with Crippen molar-refractivity contribution < 1.29 is 14.1 Å². The zero-order chi connectivity index (χ0) is 20.2. The van der Waals surface area contributed by atoms with Crippen LogP contribution < -0.4 is 5.73 Å². The van der Waals surface area contributed by atoms with Gasteiger partial charge >= 0.3 is 5.97 Å². The Balaban J connectivity index is 0.000000261. The molecule has 3 rings (SSSR count). The van der Waals surface area contributed by atoms with E-state index in [0.717, 1.165) is 24.1 Å². The van der Waals surface area contributed by atoms with Gasteiger partial charge in [0, 0.05) is 10.8 Å². The highest BCUT2D eigenvalue weighted by atomic mass is 32.2. The maximum atomic E-state index is 12.3. The van der Waals surface area contributed by atoms with Crippen LogP contribution in [0.1, 0.15) is 21.9 Å². The van der Waals surface area contributed by atoms with Gasteiger partial charge in [-0.05, 0) is 29.7 Å². The minimum atomic E-state index is -1.49. The summed E-state index contributed by atoms with van der Waals surface area (Å²) >= 11 is 0. The Labute approximate surface area is 168 Å². The van der Waals surface area contributed by atoms with Gasteiger partial charge < -0.3 is 10.8 Å². The van der Waals surface area contributed by atoms with Gasteiger partial charge in [0.05, 0.1) is 5.25 Å². The molecule has 0 aliphatic rings. The molecule has 0 bridgehead atoms. The lowest BCUT2D eigenvalue weighted by molar-refractivity contribution is -0.133. The number of aliphatic carboxylic acids is 1. The van der Waals surface area contributed by atoms with Gasteiger partial charge in [-0.2, -0.15) is 0 Å². The average molecular weight is 396 g/mol. The normalized spacial score (nSPS) is 11.4. The van der Waals surface area contributed by atoms with E-state index in [2.05, 4.69) is 12.1 Å². The van der Waals surface area contributed by atoms with Crippen LogP contribution in [0, 0.1) is 0 Å². The van der Waals surface area contributed by atoms with Gasteiger partial charge in [-0.25, -0.2) is 0 Å². The summed E-state index contributed by atoms with van der Waals surface area (Å²) in [5.41, 5.74) is 8.42. The fourth-order valence-corrected chi connectivity index (χ4v) is 4.10. The van der Waals surface area contributed by atoms with Crippen LogP contribution >= 0.6 is 0 Å². The molecule has 0 spiro atoms. The topological polar surface area (TPSA) is 80.4 Å². The van der Waals surface area contributed by atoms with Crippen molar-refractivity contribution in [2.75, 3.05) is 12.3 Å². The first kappa shape index (κ1) is 21.5. The van der Waals surface area contributed by atoms with Crippen molar-refractivity contribution in [1.29, 1.82) is 0 Å². The number of carboxylic acids is 1. The SMILES string of the molecule is NCCc1ccccc1.O=C(O)C[S@](=O)C(c1ccccc1)c1ccccc1. The fraction of sp³-hybridized carbons (Fsp3) is 0.174. The summed E-state index contributed by atoms with van der Waals surface area (Å²) < 4.78 is 12.3. The molecular weight excluding hydrogens is 370 g/mol. The summed E-state index contributed by atoms with van der Waals surface area (Å²) in [6.45, 7) is 0.740. The minimum absolute atomic E-state index is 0.353. The van der Waals surface area contributed by atoms with Gasteiger partial charge in [-0.3, -0.25) is 9.00 Å². The largest absolute Gasteiger partial charge is 0.481 e. The van der Waals surface area contributed by atoms with E-state index in [1.165, 1.54) is 5.56 Å². The van der Waals surface area contributed by atoms with Crippen LogP contribution in [0.15, 0.2) is 91.0 Å². The fourth-order valence-electron chi connectivity index (χ4n) is 2.77. The van der Waals surface area contributed by atoms with Gasteiger partial charge in [-0.1, -0.05) is 91.0 Å². The van der Waals surface area contributed by atoms with Crippen molar-refractivity contribution in [3.63, 3.8) is 0 Å². The maximum Gasteiger partial charge on any atom is 0.316 e. The Morgan fingerprint density at radius 2 is 1.25 bits per heavy atom. The molecule has 0 aromatic heterocycles. The molecule has 3 aromatic carbocycles. The molecule has 3 N–H and O–H groups in total. The number of carboxylic acid groups (broad SMARTS) is 1. The first-order valence-electron chi connectivity index (χ1n) is 9.04. The van der Waals surface area contributed by atoms with Crippen molar-refractivity contribution in [1.82, 2.24) is 0 Å². The highest BCUT2D eigenvalue weighted by molar-refractivity contribution is 7.86. The molecule has 3 aromatic rings. The number of benzene rings is 3. The molecule has 146 valence electrons. The number of hydrogen-bond acceptors (Lipinski definition) is 3. The maximum absolute atomic E-state index is 12.3. The summed E-state index contributed by atoms with van der Waals surface area (Å²) in [6.07, 6.45) is 0.987. The van der Waals surface area contributed by atoms with Crippen LogP contribution in [0.25, 0.3) is 0 Å². The molecule has 5 heteroatoms. The number of nitrogens with two attached hydrogens (primary N) is 1. The predicted octanol–water partition coefficient (Wildman–Crippen LogP) is 3.80. The van der Waals surface area contributed by atoms with E-state index in [1.54, 1.807) is 0 Å². The number of hydrogen-bond donors (Lipinski definition) is 2. The standard InChI is InChI=1S/C15H14O3S.C8H11N/c16-14(17)11-19(18)15(12-7-3-1-4-8-12)13-9-5-2-6-10-13;9-7-6-8-4-2-1-3-5-8/h1-10,15H,11H2,(H,16,17);1-5H,6-7,9H2/t19-;/m0./s1. The first-order chi connectivity index (χ1) is 13.6. The summed E-state index contributed by atoms with van der Waals surface area (Å²) in [4.78, 5) is 10.8. The van der Waals surface area contributed by atoms with Crippen molar-refractivity contribution in [2.45, 2.75) is 11.7 Å². The van der Waals surface area contributed by atoms with Gasteiger partial charge in [0.1, 0.15) is 5.75 Å².